The summed E-state index contributed by atoms with van der Waals surface area (Å²) in [5.41, 5.74) is -0.249. The first-order valence-electron chi connectivity index (χ1n) is 7.71. The molecule has 0 aliphatic carbocycles. The van der Waals surface area contributed by atoms with Crippen molar-refractivity contribution in [3.05, 3.63) is 11.3 Å². The van der Waals surface area contributed by atoms with Crippen molar-refractivity contribution in [1.82, 2.24) is 10.2 Å². The van der Waals surface area contributed by atoms with Gasteiger partial charge in [0.15, 0.2) is 5.78 Å². The van der Waals surface area contributed by atoms with E-state index in [-0.39, 0.29) is 42.0 Å². The summed E-state index contributed by atoms with van der Waals surface area (Å²) >= 11 is 3.02. The Morgan fingerprint density at radius 1 is 1.38 bits per heavy atom. The molecule has 1 unspecified atom stereocenters. The molecule has 0 aromatic heterocycles. The third kappa shape index (κ3) is 3.61. The molecule has 132 valence electrons. The second-order valence-corrected chi connectivity index (χ2v) is 6.23. The predicted molar refractivity (Wildman–Crippen MR) is 86.5 cm³/mol. The van der Waals surface area contributed by atoms with E-state index in [1.807, 2.05) is 6.92 Å². The summed E-state index contributed by atoms with van der Waals surface area (Å²) in [6.45, 7) is 2.25. The predicted octanol–water partition coefficient (Wildman–Crippen LogP) is 1.19. The molecule has 8 nitrogen and oxygen atoms in total. The summed E-state index contributed by atoms with van der Waals surface area (Å²) in [5.74, 6) is -2.11. The van der Waals surface area contributed by atoms with Crippen LogP contribution in [0.5, 0.6) is 0 Å². The van der Waals surface area contributed by atoms with Crippen LogP contribution in [0.1, 0.15) is 32.6 Å². The first kappa shape index (κ1) is 18.4. The molecule has 9 heteroatoms. The quantitative estimate of drug-likeness (QED) is 0.375. The molecule has 2 heterocycles. The number of fused-ring (bicyclic) bond motifs is 1. The lowest BCUT2D eigenvalue weighted by Crippen LogP contribution is -2.65. The van der Waals surface area contributed by atoms with Gasteiger partial charge in [0.2, 0.25) is 5.91 Å². The number of carboxylic acid groups (broad SMARTS) is 1. The lowest BCUT2D eigenvalue weighted by molar-refractivity contribution is -0.151. The molecule has 2 N–H and O–H groups in total. The lowest BCUT2D eigenvalue weighted by atomic mass is 9.82. The SMILES string of the molecule is CCCCOC(=O)NC1CC(C(=O)CBr)=C(C(=O)O)N2C(=O)C[C@@H]12. The van der Waals surface area contributed by atoms with Crippen LogP contribution >= 0.6 is 15.9 Å². The second kappa shape index (κ2) is 7.78. The number of amides is 2. The Hall–Kier alpha value is -1.90. The molecule has 1 fully saturated rings. The summed E-state index contributed by atoms with van der Waals surface area (Å²) < 4.78 is 5.04. The van der Waals surface area contributed by atoms with Gasteiger partial charge in [-0.1, -0.05) is 29.3 Å². The van der Waals surface area contributed by atoms with Crippen molar-refractivity contribution in [3.63, 3.8) is 0 Å². The van der Waals surface area contributed by atoms with Gasteiger partial charge in [0, 0.05) is 12.0 Å². The van der Waals surface area contributed by atoms with Crippen LogP contribution in [0.4, 0.5) is 4.79 Å². The summed E-state index contributed by atoms with van der Waals surface area (Å²) in [4.78, 5) is 48.3. The number of nitrogens with one attached hydrogen (secondary N) is 1. The number of nitrogens with zero attached hydrogens (tertiary/aromatic N) is 1. The highest BCUT2D eigenvalue weighted by atomic mass is 79.9. The number of carbonyl (C=O) groups excluding carboxylic acids is 3. The van der Waals surface area contributed by atoms with E-state index in [9.17, 15) is 24.3 Å². The second-order valence-electron chi connectivity index (χ2n) is 5.67. The number of halogens is 1. The molecule has 2 rings (SSSR count). The fourth-order valence-corrected chi connectivity index (χ4v) is 3.20. The fraction of sp³-hybridized carbons (Fsp3) is 0.600. The minimum absolute atomic E-state index is 0.0301. The van der Waals surface area contributed by atoms with Crippen molar-refractivity contribution in [3.8, 4) is 0 Å². The van der Waals surface area contributed by atoms with Crippen molar-refractivity contribution in [2.24, 2.45) is 0 Å². The number of carbonyl (C=O) groups is 4. The Bertz CT molecular complexity index is 603. The number of Topliss-reactive ketones (excluding diaryl/α,β-unsaturated/α-hetero) is 1. The number of alkyl halides is 1. The largest absolute Gasteiger partial charge is 0.477 e. The van der Waals surface area contributed by atoms with Gasteiger partial charge in [-0.25, -0.2) is 9.59 Å². The number of rotatable bonds is 7. The summed E-state index contributed by atoms with van der Waals surface area (Å²) in [7, 11) is 0. The zero-order valence-corrected chi connectivity index (χ0v) is 14.8. The molecule has 0 spiro atoms. The third-order valence-corrected chi connectivity index (χ3v) is 4.60. The third-order valence-electron chi connectivity index (χ3n) is 4.09. The molecule has 0 bridgehead atoms. The average molecular weight is 403 g/mol. The topological polar surface area (TPSA) is 113 Å². The summed E-state index contributed by atoms with van der Waals surface area (Å²) in [6, 6.07) is -1.01. The van der Waals surface area contributed by atoms with Gasteiger partial charge in [0.1, 0.15) is 5.70 Å². The Morgan fingerprint density at radius 3 is 2.62 bits per heavy atom. The van der Waals surface area contributed by atoms with Gasteiger partial charge in [-0.15, -0.1) is 0 Å². The number of aliphatic carboxylic acids is 1. The van der Waals surface area contributed by atoms with E-state index in [4.69, 9.17) is 4.74 Å². The van der Waals surface area contributed by atoms with Crippen LogP contribution in [0.25, 0.3) is 0 Å². The molecule has 2 amide bonds. The maximum atomic E-state index is 12.1. The fourth-order valence-electron chi connectivity index (χ4n) is 2.86. The summed E-state index contributed by atoms with van der Waals surface area (Å²) in [6.07, 6.45) is 1.19. The Morgan fingerprint density at radius 2 is 2.08 bits per heavy atom. The highest BCUT2D eigenvalue weighted by Gasteiger charge is 2.51. The van der Waals surface area contributed by atoms with Crippen molar-refractivity contribution >= 4 is 39.7 Å². The first-order valence-corrected chi connectivity index (χ1v) is 8.83. The smallest absolute Gasteiger partial charge is 0.407 e. The number of β-lactam (4-membered cyclic amide) rings is 1. The monoisotopic (exact) mass is 402 g/mol. The van der Waals surface area contributed by atoms with Crippen molar-refractivity contribution in [1.29, 1.82) is 0 Å². The van der Waals surface area contributed by atoms with Gasteiger partial charge in [-0.2, -0.15) is 0 Å². The van der Waals surface area contributed by atoms with E-state index < -0.39 is 29.9 Å². The first-order chi connectivity index (χ1) is 11.4. The number of hydrogen-bond acceptors (Lipinski definition) is 5. The molecule has 0 aromatic rings. The van der Waals surface area contributed by atoms with E-state index >= 15 is 0 Å². The van der Waals surface area contributed by atoms with Crippen LogP contribution in [0.2, 0.25) is 0 Å². The molecule has 24 heavy (non-hydrogen) atoms. The van der Waals surface area contributed by atoms with E-state index in [1.165, 1.54) is 0 Å². The van der Waals surface area contributed by atoms with Gasteiger partial charge in [0.25, 0.3) is 0 Å². The summed E-state index contributed by atoms with van der Waals surface area (Å²) in [5, 5.41) is 12.0. The van der Waals surface area contributed by atoms with Gasteiger partial charge < -0.3 is 15.2 Å². The Balaban J connectivity index is 2.19. The van der Waals surface area contributed by atoms with Crippen molar-refractivity contribution in [2.45, 2.75) is 44.7 Å². The maximum absolute atomic E-state index is 12.1. The standard InChI is InChI=1S/C15H19BrN2O6/c1-2-3-4-24-15(23)17-9-5-8(11(19)7-16)13(14(21)22)18-10(9)6-12(18)20/h9-10H,2-7H2,1H3,(H,17,23)(H,21,22)/t9?,10-/m0/s1. The van der Waals surface area contributed by atoms with Crippen molar-refractivity contribution < 1.29 is 29.0 Å². The van der Waals surface area contributed by atoms with Gasteiger partial charge in [-0.3, -0.25) is 14.5 Å². The van der Waals surface area contributed by atoms with E-state index in [1.54, 1.807) is 0 Å². The number of unbranched alkanes of at least 4 members (excludes halogenated alkanes) is 1. The minimum Gasteiger partial charge on any atom is -0.477 e. The van der Waals surface area contributed by atoms with Crippen LogP contribution in [0.3, 0.4) is 0 Å². The van der Waals surface area contributed by atoms with Crippen molar-refractivity contribution in [2.75, 3.05) is 11.9 Å². The molecule has 1 saturated heterocycles. The van der Waals surface area contributed by atoms with Crippen LogP contribution in [-0.2, 0) is 19.1 Å². The van der Waals surface area contributed by atoms with E-state index in [0.717, 1.165) is 17.7 Å². The molecule has 2 aliphatic rings. The number of ether oxygens (including phenoxy) is 1. The zero-order chi connectivity index (χ0) is 17.9. The van der Waals surface area contributed by atoms with Gasteiger partial charge in [-0.05, 0) is 6.42 Å². The van der Waals surface area contributed by atoms with E-state index in [2.05, 4.69) is 21.2 Å². The molecule has 2 atom stereocenters. The Labute approximate surface area is 147 Å². The average Bonchev–Trinajstić information content (AvgIpc) is 2.53. The maximum Gasteiger partial charge on any atom is 0.407 e. The lowest BCUT2D eigenvalue weighted by Gasteiger charge is -2.48. The molecular weight excluding hydrogens is 384 g/mol. The van der Waals surface area contributed by atoms with Crippen LogP contribution in [0.15, 0.2) is 11.3 Å². The van der Waals surface area contributed by atoms with Crippen LogP contribution < -0.4 is 5.32 Å². The van der Waals surface area contributed by atoms with Gasteiger partial charge in [0.05, 0.1) is 30.4 Å². The molecule has 0 aromatic carbocycles. The molecular formula is C15H19BrN2O6. The highest BCUT2D eigenvalue weighted by Crippen LogP contribution is 2.37. The number of hydrogen-bond donors (Lipinski definition) is 2. The van der Waals surface area contributed by atoms with Crippen LogP contribution in [-0.4, -0.2) is 57.8 Å². The number of ketones is 1. The number of carboxylic acids is 1. The molecule has 2 aliphatic heterocycles. The van der Waals surface area contributed by atoms with E-state index in [0.29, 0.717) is 0 Å². The number of alkyl carbamates (subject to hydrolysis) is 1. The van der Waals surface area contributed by atoms with Crippen LogP contribution in [0, 0.1) is 0 Å². The molecule has 0 radical (unpaired) electrons. The van der Waals surface area contributed by atoms with Gasteiger partial charge >= 0.3 is 12.1 Å². The highest BCUT2D eigenvalue weighted by molar-refractivity contribution is 9.09. The zero-order valence-electron chi connectivity index (χ0n) is 13.2. The normalized spacial score (nSPS) is 22.6. The minimum atomic E-state index is -1.32. The Kier molecular flexibility index (Phi) is 5.98. The molecule has 0 saturated carbocycles.